The molecule has 1 aliphatic heterocycles. The van der Waals surface area contributed by atoms with Crippen molar-refractivity contribution >= 4 is 33.3 Å². The molecular weight excluding hydrogens is 276 g/mol. The number of nitrogens with one attached hydrogen (secondary N) is 3. The number of rotatable bonds is 2. The van der Waals surface area contributed by atoms with Crippen molar-refractivity contribution in [3.05, 3.63) is 0 Å². The molecule has 7 nitrogen and oxygen atoms in total. The molecule has 0 aromatic heterocycles. The fourth-order valence-electron chi connectivity index (χ4n) is 1.73. The average molecular weight is 294 g/mol. The van der Waals surface area contributed by atoms with Gasteiger partial charge in [-0.15, -0.1) is 0 Å². The maximum atomic E-state index is 11.7. The van der Waals surface area contributed by atoms with Gasteiger partial charge in [0.15, 0.2) is 5.11 Å². The summed E-state index contributed by atoms with van der Waals surface area (Å²) < 4.78 is 24.0. The highest BCUT2D eigenvalue weighted by Gasteiger charge is 2.28. The third kappa shape index (κ3) is 4.39. The van der Waals surface area contributed by atoms with E-state index in [1.807, 2.05) is 0 Å². The van der Waals surface area contributed by atoms with Gasteiger partial charge in [-0.2, -0.15) is 0 Å². The molecule has 0 aliphatic carbocycles. The first-order valence-electron chi connectivity index (χ1n) is 5.57. The molecule has 104 valence electrons. The van der Waals surface area contributed by atoms with Crippen LogP contribution in [0.3, 0.4) is 0 Å². The second-order valence-electron chi connectivity index (χ2n) is 4.13. The molecule has 0 aromatic rings. The van der Waals surface area contributed by atoms with Gasteiger partial charge in [0, 0.05) is 26.1 Å². The van der Waals surface area contributed by atoms with Gasteiger partial charge in [-0.3, -0.25) is 15.6 Å². The van der Waals surface area contributed by atoms with Gasteiger partial charge >= 0.3 is 0 Å². The van der Waals surface area contributed by atoms with Crippen LogP contribution in [0.1, 0.15) is 12.8 Å². The number of piperidine rings is 1. The molecule has 1 aliphatic rings. The van der Waals surface area contributed by atoms with Gasteiger partial charge in [0.05, 0.1) is 6.26 Å². The summed E-state index contributed by atoms with van der Waals surface area (Å²) in [4.78, 5) is 11.7. The Morgan fingerprint density at radius 3 is 2.28 bits per heavy atom. The van der Waals surface area contributed by atoms with E-state index in [9.17, 15) is 13.2 Å². The number of nitrogens with zero attached hydrogens (tertiary/aromatic N) is 1. The van der Waals surface area contributed by atoms with E-state index < -0.39 is 10.0 Å². The van der Waals surface area contributed by atoms with E-state index >= 15 is 0 Å². The predicted molar refractivity (Wildman–Crippen MR) is 72.1 cm³/mol. The number of amides is 1. The molecular formula is C9H18N4O3S2. The van der Waals surface area contributed by atoms with Gasteiger partial charge in [0.1, 0.15) is 0 Å². The largest absolute Gasteiger partial charge is 0.364 e. The first-order chi connectivity index (χ1) is 8.34. The lowest BCUT2D eigenvalue weighted by atomic mass is 9.98. The SMILES string of the molecule is CNC(=S)NNC(=O)C1CCN(S(C)(=O)=O)CC1. The van der Waals surface area contributed by atoms with Crippen LogP contribution in [0.5, 0.6) is 0 Å². The number of hydrogen-bond acceptors (Lipinski definition) is 4. The standard InChI is InChI=1S/C9H18N4O3S2/c1-10-9(17)12-11-8(14)7-3-5-13(6-4-7)18(2,15)16/h7H,3-6H2,1-2H3,(H,11,14)(H2,10,12,17). The van der Waals surface area contributed by atoms with E-state index in [-0.39, 0.29) is 11.8 Å². The van der Waals surface area contributed by atoms with Gasteiger partial charge in [-0.1, -0.05) is 0 Å². The summed E-state index contributed by atoms with van der Waals surface area (Å²) in [5.74, 6) is -0.351. The number of sulfonamides is 1. The zero-order valence-corrected chi connectivity index (χ0v) is 12.0. The molecule has 18 heavy (non-hydrogen) atoms. The lowest BCUT2D eigenvalue weighted by Crippen LogP contribution is -2.50. The minimum Gasteiger partial charge on any atom is -0.364 e. The summed E-state index contributed by atoms with van der Waals surface area (Å²) in [6.45, 7) is 0.765. The molecule has 0 radical (unpaired) electrons. The maximum Gasteiger partial charge on any atom is 0.241 e. The van der Waals surface area contributed by atoms with Crippen molar-refractivity contribution in [3.8, 4) is 0 Å². The van der Waals surface area contributed by atoms with Gasteiger partial charge in [-0.25, -0.2) is 12.7 Å². The first-order valence-corrected chi connectivity index (χ1v) is 7.83. The monoisotopic (exact) mass is 294 g/mol. The summed E-state index contributed by atoms with van der Waals surface area (Å²) in [7, 11) is -1.50. The smallest absolute Gasteiger partial charge is 0.241 e. The zero-order valence-electron chi connectivity index (χ0n) is 10.4. The summed E-state index contributed by atoms with van der Waals surface area (Å²) >= 11 is 4.82. The molecule has 3 N–H and O–H groups in total. The highest BCUT2D eigenvalue weighted by Crippen LogP contribution is 2.18. The molecule has 1 amide bonds. The Labute approximate surface area is 112 Å². The van der Waals surface area contributed by atoms with Crippen molar-refractivity contribution in [2.24, 2.45) is 5.92 Å². The van der Waals surface area contributed by atoms with Crippen LogP contribution in [0.2, 0.25) is 0 Å². The van der Waals surface area contributed by atoms with Crippen LogP contribution in [-0.4, -0.2) is 50.1 Å². The number of carbonyl (C=O) groups is 1. The van der Waals surface area contributed by atoms with E-state index in [1.54, 1.807) is 7.05 Å². The summed E-state index contributed by atoms with van der Waals surface area (Å²) in [6.07, 6.45) is 2.22. The predicted octanol–water partition coefficient (Wildman–Crippen LogP) is -1.22. The normalized spacial score (nSPS) is 18.1. The molecule has 1 heterocycles. The number of hydrogen-bond donors (Lipinski definition) is 3. The molecule has 0 saturated carbocycles. The van der Waals surface area contributed by atoms with Crippen molar-refractivity contribution in [2.45, 2.75) is 12.8 Å². The molecule has 1 rings (SSSR count). The average Bonchev–Trinajstić information content (AvgIpc) is 2.34. The molecule has 0 spiro atoms. The number of thiocarbonyl (C=S) groups is 1. The summed E-state index contributed by atoms with van der Waals surface area (Å²) in [6, 6.07) is 0. The second kappa shape index (κ2) is 6.30. The van der Waals surface area contributed by atoms with E-state index in [0.717, 1.165) is 0 Å². The van der Waals surface area contributed by atoms with Crippen LogP contribution in [0, 0.1) is 5.92 Å². The fraction of sp³-hybridized carbons (Fsp3) is 0.778. The summed E-state index contributed by atoms with van der Waals surface area (Å²) in [5, 5.41) is 3.00. The Morgan fingerprint density at radius 1 is 1.28 bits per heavy atom. The highest BCUT2D eigenvalue weighted by molar-refractivity contribution is 7.88. The van der Waals surface area contributed by atoms with E-state index in [4.69, 9.17) is 12.2 Å². The second-order valence-corrected chi connectivity index (χ2v) is 6.52. The van der Waals surface area contributed by atoms with Crippen molar-refractivity contribution in [1.29, 1.82) is 0 Å². The van der Waals surface area contributed by atoms with Crippen LogP contribution in [0.4, 0.5) is 0 Å². The van der Waals surface area contributed by atoms with Crippen molar-refractivity contribution in [3.63, 3.8) is 0 Å². The molecule has 0 atom stereocenters. The molecule has 1 saturated heterocycles. The minimum atomic E-state index is -3.15. The van der Waals surface area contributed by atoms with Crippen LogP contribution in [0.25, 0.3) is 0 Å². The van der Waals surface area contributed by atoms with Gasteiger partial charge in [0.25, 0.3) is 0 Å². The van der Waals surface area contributed by atoms with E-state index in [0.29, 0.717) is 31.0 Å². The maximum absolute atomic E-state index is 11.7. The van der Waals surface area contributed by atoms with Crippen LogP contribution in [0.15, 0.2) is 0 Å². The Kier molecular flexibility index (Phi) is 5.29. The van der Waals surface area contributed by atoms with Gasteiger partial charge in [-0.05, 0) is 25.1 Å². The molecule has 0 bridgehead atoms. The third-order valence-corrected chi connectivity index (χ3v) is 4.43. The zero-order chi connectivity index (χ0) is 13.8. The molecule has 0 unspecified atom stereocenters. The van der Waals surface area contributed by atoms with Crippen LogP contribution in [-0.2, 0) is 14.8 Å². The molecule has 0 aromatic carbocycles. The fourth-order valence-corrected chi connectivity index (χ4v) is 2.66. The quantitative estimate of drug-likeness (QED) is 0.437. The number of hydrazine groups is 1. The van der Waals surface area contributed by atoms with Crippen LogP contribution < -0.4 is 16.2 Å². The van der Waals surface area contributed by atoms with Gasteiger partial charge in [0.2, 0.25) is 15.9 Å². The van der Waals surface area contributed by atoms with E-state index in [2.05, 4.69) is 16.2 Å². The molecule has 9 heteroatoms. The van der Waals surface area contributed by atoms with Crippen molar-refractivity contribution in [2.75, 3.05) is 26.4 Å². The first kappa shape index (κ1) is 15.1. The summed E-state index contributed by atoms with van der Waals surface area (Å²) in [5.41, 5.74) is 5.06. The molecule has 1 fully saturated rings. The lowest BCUT2D eigenvalue weighted by Gasteiger charge is -2.29. The van der Waals surface area contributed by atoms with Gasteiger partial charge < -0.3 is 5.32 Å². The third-order valence-electron chi connectivity index (χ3n) is 2.82. The van der Waals surface area contributed by atoms with E-state index in [1.165, 1.54) is 10.6 Å². The minimum absolute atomic E-state index is 0.166. The topological polar surface area (TPSA) is 90.5 Å². The Balaban J connectivity index is 2.39. The highest BCUT2D eigenvalue weighted by atomic mass is 32.2. The Morgan fingerprint density at radius 2 is 1.83 bits per heavy atom. The Bertz CT molecular complexity index is 416. The Hall–Kier alpha value is -0.930. The number of carbonyl (C=O) groups excluding carboxylic acids is 1. The lowest BCUT2D eigenvalue weighted by molar-refractivity contribution is -0.126. The van der Waals surface area contributed by atoms with Crippen molar-refractivity contribution < 1.29 is 13.2 Å². The van der Waals surface area contributed by atoms with Crippen LogP contribution >= 0.6 is 12.2 Å². The van der Waals surface area contributed by atoms with Crippen molar-refractivity contribution in [1.82, 2.24) is 20.5 Å².